The largest absolute Gasteiger partial charge is 0.508 e. The normalized spacial score (nSPS) is 19.1. The zero-order chi connectivity index (χ0) is 28.9. The number of likely N-dealkylation sites (N-methyl/N-ethyl adjacent to an activating group) is 1. The van der Waals surface area contributed by atoms with Crippen LogP contribution in [-0.4, -0.2) is 88.5 Å². The molecule has 3 N–H and O–H groups in total. The van der Waals surface area contributed by atoms with Crippen molar-refractivity contribution >= 4 is 40.0 Å². The number of nitriles is 1. The molecule has 2 amide bonds. The van der Waals surface area contributed by atoms with Gasteiger partial charge >= 0.3 is 0 Å². The number of piperazine rings is 1. The van der Waals surface area contributed by atoms with Crippen LogP contribution in [0.1, 0.15) is 29.8 Å². The lowest BCUT2D eigenvalue weighted by atomic mass is 10.1. The van der Waals surface area contributed by atoms with Crippen molar-refractivity contribution in [2.24, 2.45) is 0 Å². The maximum Gasteiger partial charge on any atom is 0.274 e. The molecule has 3 aromatic rings. The number of hydrogen-bond acceptors (Lipinski definition) is 9. The van der Waals surface area contributed by atoms with Crippen LogP contribution in [0.15, 0.2) is 55.1 Å². The van der Waals surface area contributed by atoms with E-state index in [0.29, 0.717) is 49.7 Å². The quantitative estimate of drug-likeness (QED) is 0.358. The molecule has 0 aliphatic carbocycles. The Hall–Kier alpha value is -4.69. The molecule has 212 valence electrons. The van der Waals surface area contributed by atoms with Crippen LogP contribution in [0, 0.1) is 11.3 Å². The van der Waals surface area contributed by atoms with Crippen LogP contribution in [0.3, 0.4) is 0 Å². The monoisotopic (exact) mass is 554 g/mol. The van der Waals surface area contributed by atoms with Crippen LogP contribution in [0.25, 0.3) is 10.8 Å². The van der Waals surface area contributed by atoms with Crippen LogP contribution in [0.4, 0.5) is 17.5 Å². The van der Waals surface area contributed by atoms with E-state index < -0.39 is 5.91 Å². The molecule has 5 rings (SSSR count). The third kappa shape index (κ3) is 6.23. The number of phenolic OH excluding ortho intramolecular Hbond substituents is 1. The third-order valence-corrected chi connectivity index (χ3v) is 7.80. The van der Waals surface area contributed by atoms with Gasteiger partial charge in [-0.15, -0.1) is 0 Å². The second kappa shape index (κ2) is 12.2. The number of aromatic nitrogens is 2. The molecule has 2 saturated heterocycles. The Morgan fingerprint density at radius 3 is 2.76 bits per heavy atom. The average molecular weight is 555 g/mol. The van der Waals surface area contributed by atoms with E-state index in [1.165, 1.54) is 12.1 Å². The highest BCUT2D eigenvalue weighted by Crippen LogP contribution is 2.29. The minimum atomic E-state index is -0.445. The zero-order valence-electron chi connectivity index (χ0n) is 23.1. The van der Waals surface area contributed by atoms with Crippen molar-refractivity contribution in [2.75, 3.05) is 55.3 Å². The number of benzene rings is 2. The highest BCUT2D eigenvalue weighted by atomic mass is 16.3. The lowest BCUT2D eigenvalue weighted by molar-refractivity contribution is -0.128. The molecule has 2 fully saturated rings. The predicted octanol–water partition coefficient (Wildman–Crippen LogP) is 3.21. The summed E-state index contributed by atoms with van der Waals surface area (Å²) in [6.07, 6.45) is 3.62. The second-order valence-corrected chi connectivity index (χ2v) is 10.5. The van der Waals surface area contributed by atoms with E-state index in [0.717, 1.165) is 30.2 Å². The van der Waals surface area contributed by atoms with Gasteiger partial charge in [-0.1, -0.05) is 30.8 Å². The molecule has 3 heterocycles. The molecule has 1 unspecified atom stereocenters. The molecular weight excluding hydrogens is 520 g/mol. The molecule has 2 aliphatic rings. The molecule has 11 heteroatoms. The van der Waals surface area contributed by atoms with E-state index in [4.69, 9.17) is 4.98 Å². The van der Waals surface area contributed by atoms with Gasteiger partial charge in [0, 0.05) is 49.7 Å². The van der Waals surface area contributed by atoms with Crippen LogP contribution in [0.5, 0.6) is 5.75 Å². The number of carbonyl (C=O) groups is 2. The average Bonchev–Trinajstić information content (AvgIpc) is 3.39. The number of anilines is 3. The molecule has 1 aromatic heterocycles. The van der Waals surface area contributed by atoms with Crippen LogP contribution >= 0.6 is 0 Å². The van der Waals surface area contributed by atoms with Gasteiger partial charge in [-0.25, -0.2) is 4.98 Å². The van der Waals surface area contributed by atoms with Gasteiger partial charge in [-0.05, 0) is 44.0 Å². The van der Waals surface area contributed by atoms with E-state index >= 15 is 0 Å². The summed E-state index contributed by atoms with van der Waals surface area (Å²) >= 11 is 0. The number of phenols is 1. The molecule has 41 heavy (non-hydrogen) atoms. The molecule has 0 bridgehead atoms. The fourth-order valence-electron chi connectivity index (χ4n) is 5.57. The van der Waals surface area contributed by atoms with Gasteiger partial charge in [0.2, 0.25) is 11.9 Å². The van der Waals surface area contributed by atoms with E-state index in [-0.39, 0.29) is 29.8 Å². The minimum absolute atomic E-state index is 0.0425. The first-order valence-corrected chi connectivity index (χ1v) is 13.8. The second-order valence-electron chi connectivity index (χ2n) is 10.5. The Balaban J connectivity index is 1.45. The number of aromatic hydroxyl groups is 1. The van der Waals surface area contributed by atoms with Gasteiger partial charge in [0.25, 0.3) is 5.91 Å². The number of amides is 2. The Morgan fingerprint density at radius 1 is 1.17 bits per heavy atom. The van der Waals surface area contributed by atoms with E-state index in [1.54, 1.807) is 17.0 Å². The molecule has 2 aliphatic heterocycles. The Kier molecular flexibility index (Phi) is 8.31. The van der Waals surface area contributed by atoms with Crippen molar-refractivity contribution in [1.82, 2.24) is 19.8 Å². The molecule has 2 atom stereocenters. The van der Waals surface area contributed by atoms with E-state index in [9.17, 15) is 20.0 Å². The van der Waals surface area contributed by atoms with Gasteiger partial charge in [0.05, 0.1) is 24.2 Å². The molecule has 11 nitrogen and oxygen atoms in total. The Bertz CT molecular complexity index is 1500. The molecule has 0 saturated carbocycles. The Morgan fingerprint density at radius 2 is 2.00 bits per heavy atom. The Labute approximate surface area is 239 Å². The number of rotatable bonds is 8. The van der Waals surface area contributed by atoms with Crippen molar-refractivity contribution in [1.29, 1.82) is 5.26 Å². The van der Waals surface area contributed by atoms with Gasteiger partial charge in [0.15, 0.2) is 0 Å². The van der Waals surface area contributed by atoms with Gasteiger partial charge < -0.3 is 30.4 Å². The van der Waals surface area contributed by atoms with E-state index in [2.05, 4.69) is 40.2 Å². The summed E-state index contributed by atoms with van der Waals surface area (Å²) < 4.78 is 0. The zero-order valence-corrected chi connectivity index (χ0v) is 23.1. The van der Waals surface area contributed by atoms with Crippen LogP contribution < -0.4 is 15.5 Å². The number of nitrogens with one attached hydrogen (secondary N) is 2. The lowest BCUT2D eigenvalue weighted by Crippen LogP contribution is -2.55. The smallest absolute Gasteiger partial charge is 0.274 e. The number of carbonyl (C=O) groups excluding carboxylic acids is 2. The first-order valence-electron chi connectivity index (χ1n) is 13.8. The highest BCUT2D eigenvalue weighted by Gasteiger charge is 2.31. The topological polar surface area (TPSA) is 138 Å². The van der Waals surface area contributed by atoms with Gasteiger partial charge in [-0.2, -0.15) is 10.2 Å². The SMILES string of the molecule is C=CC(=O)N1CCN(c2cc(C(=O)Nc3cc(O)cc4ccccc34)nc(NCC3CCCN3C)n2)C[C@@H]1CC#N. The molecule has 2 aromatic carbocycles. The van der Waals surface area contributed by atoms with Crippen molar-refractivity contribution in [3.63, 3.8) is 0 Å². The maximum absolute atomic E-state index is 13.6. The van der Waals surface area contributed by atoms with Gasteiger partial charge in [0.1, 0.15) is 17.3 Å². The van der Waals surface area contributed by atoms with Gasteiger partial charge in [-0.3, -0.25) is 9.59 Å². The first kappa shape index (κ1) is 27.9. The van der Waals surface area contributed by atoms with E-state index in [1.807, 2.05) is 29.2 Å². The number of hydrogen-bond donors (Lipinski definition) is 3. The summed E-state index contributed by atoms with van der Waals surface area (Å²) in [5.41, 5.74) is 0.629. The molecule has 0 spiro atoms. The number of nitrogens with zero attached hydrogens (tertiary/aromatic N) is 6. The standard InChI is InChI=1S/C30H34N8O3/c1-3-28(40)38-14-13-37(19-22(38)10-11-31)27-17-26(34-30(35-27)32-18-21-8-6-12-36(21)2)29(41)33-25-16-23(39)15-20-7-4-5-9-24(20)25/h3-5,7,9,15-17,21-22,39H,1,6,8,10,12-14,18-19H2,2H3,(H,33,41)(H,32,34,35)/t21?,22-/m0/s1. The summed E-state index contributed by atoms with van der Waals surface area (Å²) in [4.78, 5) is 41.2. The number of fused-ring (bicyclic) bond motifs is 1. The first-order chi connectivity index (χ1) is 19.9. The maximum atomic E-state index is 13.6. The summed E-state index contributed by atoms with van der Waals surface area (Å²) in [5.74, 6) is 0.242. The van der Waals surface area contributed by atoms with Crippen molar-refractivity contribution in [3.8, 4) is 11.8 Å². The summed E-state index contributed by atoms with van der Waals surface area (Å²) in [7, 11) is 2.09. The highest BCUT2D eigenvalue weighted by molar-refractivity contribution is 6.09. The molecule has 0 radical (unpaired) electrons. The molecular formula is C30H34N8O3. The number of likely N-dealkylation sites (tertiary alicyclic amines) is 1. The third-order valence-electron chi connectivity index (χ3n) is 7.80. The lowest BCUT2D eigenvalue weighted by Gasteiger charge is -2.40. The van der Waals surface area contributed by atoms with Crippen molar-refractivity contribution in [3.05, 3.63) is 60.8 Å². The fraction of sp³-hybridized carbons (Fsp3) is 0.367. The summed E-state index contributed by atoms with van der Waals surface area (Å²) in [5, 5.41) is 27.5. The van der Waals surface area contributed by atoms with Crippen LogP contribution in [0.2, 0.25) is 0 Å². The summed E-state index contributed by atoms with van der Waals surface area (Å²) in [6.45, 7) is 6.51. The minimum Gasteiger partial charge on any atom is -0.508 e. The van der Waals surface area contributed by atoms with Crippen molar-refractivity contribution in [2.45, 2.75) is 31.3 Å². The fourth-order valence-corrected chi connectivity index (χ4v) is 5.57. The van der Waals surface area contributed by atoms with Crippen molar-refractivity contribution < 1.29 is 14.7 Å². The predicted molar refractivity (Wildman–Crippen MR) is 158 cm³/mol. The van der Waals surface area contributed by atoms with Crippen LogP contribution in [-0.2, 0) is 4.79 Å². The summed E-state index contributed by atoms with van der Waals surface area (Å²) in [6, 6.07) is 14.4.